The van der Waals surface area contributed by atoms with Gasteiger partial charge in [0.1, 0.15) is 5.82 Å². The van der Waals surface area contributed by atoms with Gasteiger partial charge in [-0.2, -0.15) is 5.10 Å². The number of carbonyl (C=O) groups excluding carboxylic acids is 1. The first-order valence-corrected chi connectivity index (χ1v) is 10.0. The molecule has 0 saturated heterocycles. The van der Waals surface area contributed by atoms with Gasteiger partial charge >= 0.3 is 0 Å². The molecule has 4 rings (SSSR count). The van der Waals surface area contributed by atoms with Gasteiger partial charge in [0.25, 0.3) is 5.91 Å². The number of primary amides is 1. The van der Waals surface area contributed by atoms with E-state index in [1.165, 1.54) is 12.3 Å². The lowest BCUT2D eigenvalue weighted by Gasteiger charge is -2.19. The third kappa shape index (κ3) is 4.02. The number of nitrogens with one attached hydrogen (secondary N) is 2. The van der Waals surface area contributed by atoms with Crippen LogP contribution in [0, 0.1) is 12.7 Å². The maximum Gasteiger partial charge on any atom is 0.252 e. The van der Waals surface area contributed by atoms with Crippen molar-refractivity contribution in [2.24, 2.45) is 5.73 Å². The summed E-state index contributed by atoms with van der Waals surface area (Å²) in [7, 11) is 1.59. The average molecular weight is 434 g/mol. The molecule has 0 saturated carbocycles. The molecule has 0 unspecified atom stereocenters. The number of aromatic nitrogens is 4. The molecule has 4 N–H and O–H groups in total. The van der Waals surface area contributed by atoms with Crippen molar-refractivity contribution in [2.45, 2.75) is 26.5 Å². The Morgan fingerprint density at radius 2 is 2.09 bits per heavy atom. The number of aryl methyl sites for hydroxylation is 1. The second kappa shape index (κ2) is 8.72. The number of H-pyrrole nitrogens is 1. The zero-order valence-corrected chi connectivity index (χ0v) is 17.9. The molecule has 164 valence electrons. The SMILES string of the molecule is COCc1ccc(-c2cc3c(N[C@@H](C)c4n[nH]cc4C)c(C(N)=O)cnc3cc2F)cn1. The lowest BCUT2D eigenvalue weighted by molar-refractivity contribution is 0.100. The fraction of sp³-hybridized carbons (Fsp3) is 0.217. The predicted octanol–water partition coefficient (Wildman–Crippen LogP) is 3.89. The molecule has 3 heterocycles. The second-order valence-corrected chi connectivity index (χ2v) is 7.55. The minimum absolute atomic E-state index is 0.212. The number of rotatable bonds is 7. The van der Waals surface area contributed by atoms with E-state index in [-0.39, 0.29) is 11.6 Å². The number of amides is 1. The number of fused-ring (bicyclic) bond motifs is 1. The van der Waals surface area contributed by atoms with E-state index >= 15 is 0 Å². The molecule has 0 spiro atoms. The molecule has 3 aromatic heterocycles. The van der Waals surface area contributed by atoms with E-state index in [2.05, 4.69) is 25.5 Å². The molecular formula is C23H23FN6O2. The van der Waals surface area contributed by atoms with Gasteiger partial charge in [0, 0.05) is 48.3 Å². The van der Waals surface area contributed by atoms with Gasteiger partial charge in [-0.15, -0.1) is 0 Å². The van der Waals surface area contributed by atoms with Gasteiger partial charge in [-0.1, -0.05) is 6.07 Å². The smallest absolute Gasteiger partial charge is 0.252 e. The van der Waals surface area contributed by atoms with E-state index in [1.807, 2.05) is 13.8 Å². The Hall–Kier alpha value is -3.85. The monoisotopic (exact) mass is 434 g/mol. The number of aromatic amines is 1. The van der Waals surface area contributed by atoms with Gasteiger partial charge in [0.15, 0.2) is 0 Å². The number of nitrogens with zero attached hydrogens (tertiary/aromatic N) is 3. The number of benzene rings is 1. The number of anilines is 1. The largest absolute Gasteiger partial charge is 0.378 e. The van der Waals surface area contributed by atoms with E-state index in [1.54, 1.807) is 37.7 Å². The van der Waals surface area contributed by atoms with Gasteiger partial charge in [-0.3, -0.25) is 19.9 Å². The van der Waals surface area contributed by atoms with Crippen molar-refractivity contribution in [1.82, 2.24) is 20.2 Å². The normalized spacial score (nSPS) is 12.1. The summed E-state index contributed by atoms with van der Waals surface area (Å²) < 4.78 is 20.0. The Morgan fingerprint density at radius 3 is 2.72 bits per heavy atom. The van der Waals surface area contributed by atoms with Crippen molar-refractivity contribution in [2.75, 3.05) is 12.4 Å². The highest BCUT2D eigenvalue weighted by molar-refractivity contribution is 6.07. The van der Waals surface area contributed by atoms with E-state index in [0.29, 0.717) is 34.3 Å². The first-order chi connectivity index (χ1) is 15.4. The van der Waals surface area contributed by atoms with E-state index in [0.717, 1.165) is 17.0 Å². The number of pyridine rings is 2. The fourth-order valence-electron chi connectivity index (χ4n) is 3.68. The molecule has 1 amide bonds. The van der Waals surface area contributed by atoms with Crippen LogP contribution in [-0.4, -0.2) is 33.2 Å². The number of halogens is 1. The Bertz CT molecular complexity index is 1290. The van der Waals surface area contributed by atoms with Crippen molar-refractivity contribution in [3.63, 3.8) is 0 Å². The number of carbonyl (C=O) groups is 1. The van der Waals surface area contributed by atoms with Crippen LogP contribution in [0.15, 0.2) is 42.9 Å². The van der Waals surface area contributed by atoms with Crippen molar-refractivity contribution in [3.05, 3.63) is 71.2 Å². The minimum Gasteiger partial charge on any atom is -0.378 e. The summed E-state index contributed by atoms with van der Waals surface area (Å²) in [6.45, 7) is 4.22. The van der Waals surface area contributed by atoms with E-state index < -0.39 is 11.7 Å². The Morgan fingerprint density at radius 1 is 1.28 bits per heavy atom. The number of hydrogen-bond donors (Lipinski definition) is 3. The highest BCUT2D eigenvalue weighted by Crippen LogP contribution is 2.34. The molecule has 9 heteroatoms. The zero-order chi connectivity index (χ0) is 22.8. The zero-order valence-electron chi connectivity index (χ0n) is 17.9. The maximum atomic E-state index is 15.0. The third-order valence-electron chi connectivity index (χ3n) is 5.29. The molecule has 4 aromatic rings. The van der Waals surface area contributed by atoms with Crippen molar-refractivity contribution >= 4 is 22.5 Å². The molecule has 1 atom stereocenters. The van der Waals surface area contributed by atoms with Crippen LogP contribution in [0.3, 0.4) is 0 Å². The molecule has 0 radical (unpaired) electrons. The standard InChI is InChI=1S/C23H23FN6O2/c1-12-8-28-30-21(12)13(2)29-22-17-6-16(14-4-5-15(11-32-3)26-9-14)19(24)7-20(17)27-10-18(22)23(25)31/h4-10,13H,11H2,1-3H3,(H2,25,31)(H,27,29)(H,28,30)/t13-/m0/s1. The summed E-state index contributed by atoms with van der Waals surface area (Å²) in [5, 5.41) is 11.0. The Kier molecular flexibility index (Phi) is 5.83. The van der Waals surface area contributed by atoms with Gasteiger partial charge in [0.2, 0.25) is 0 Å². The average Bonchev–Trinajstić information content (AvgIpc) is 3.20. The van der Waals surface area contributed by atoms with Crippen LogP contribution in [0.1, 0.15) is 40.3 Å². The molecule has 1 aromatic carbocycles. The molecule has 0 bridgehead atoms. The van der Waals surface area contributed by atoms with Crippen LogP contribution >= 0.6 is 0 Å². The van der Waals surface area contributed by atoms with Crippen molar-refractivity contribution in [1.29, 1.82) is 0 Å². The first-order valence-electron chi connectivity index (χ1n) is 10.0. The second-order valence-electron chi connectivity index (χ2n) is 7.55. The Balaban J connectivity index is 1.85. The summed E-state index contributed by atoms with van der Waals surface area (Å²) in [6.07, 6.45) is 4.74. The number of methoxy groups -OCH3 is 1. The van der Waals surface area contributed by atoms with Crippen molar-refractivity contribution < 1.29 is 13.9 Å². The van der Waals surface area contributed by atoms with Crippen molar-refractivity contribution in [3.8, 4) is 11.1 Å². The van der Waals surface area contributed by atoms with Crippen LogP contribution in [-0.2, 0) is 11.3 Å². The predicted molar refractivity (Wildman–Crippen MR) is 120 cm³/mol. The quantitative estimate of drug-likeness (QED) is 0.406. The highest BCUT2D eigenvalue weighted by Gasteiger charge is 2.20. The highest BCUT2D eigenvalue weighted by atomic mass is 19.1. The van der Waals surface area contributed by atoms with Gasteiger partial charge in [-0.05, 0) is 31.5 Å². The van der Waals surface area contributed by atoms with Crippen LogP contribution in [0.25, 0.3) is 22.0 Å². The summed E-state index contributed by atoms with van der Waals surface area (Å²) in [5.74, 6) is -1.08. The molecule has 0 aliphatic rings. The number of hydrogen-bond acceptors (Lipinski definition) is 6. The lowest BCUT2D eigenvalue weighted by atomic mass is 10.0. The van der Waals surface area contributed by atoms with Crippen LogP contribution in [0.4, 0.5) is 10.1 Å². The molecule has 0 fully saturated rings. The lowest BCUT2D eigenvalue weighted by Crippen LogP contribution is -2.17. The van der Waals surface area contributed by atoms with E-state index in [4.69, 9.17) is 10.5 Å². The Labute approximate surface area is 184 Å². The third-order valence-corrected chi connectivity index (χ3v) is 5.29. The molecule has 0 aliphatic heterocycles. The number of nitrogens with two attached hydrogens (primary N) is 1. The minimum atomic E-state index is -0.635. The number of ether oxygens (including phenoxy) is 1. The van der Waals surface area contributed by atoms with Gasteiger partial charge < -0.3 is 15.8 Å². The summed E-state index contributed by atoms with van der Waals surface area (Å²) in [4.78, 5) is 20.7. The van der Waals surface area contributed by atoms with Crippen LogP contribution in [0.5, 0.6) is 0 Å². The summed E-state index contributed by atoms with van der Waals surface area (Å²) in [6, 6.07) is 6.31. The van der Waals surface area contributed by atoms with Gasteiger partial charge in [0.05, 0.1) is 40.8 Å². The molecule has 0 aliphatic carbocycles. The van der Waals surface area contributed by atoms with Gasteiger partial charge in [-0.25, -0.2) is 4.39 Å². The topological polar surface area (TPSA) is 119 Å². The maximum absolute atomic E-state index is 15.0. The van der Waals surface area contributed by atoms with Crippen LogP contribution in [0.2, 0.25) is 0 Å². The van der Waals surface area contributed by atoms with Crippen LogP contribution < -0.4 is 11.1 Å². The molecule has 8 nitrogen and oxygen atoms in total. The molecule has 32 heavy (non-hydrogen) atoms. The summed E-state index contributed by atoms with van der Waals surface area (Å²) >= 11 is 0. The summed E-state index contributed by atoms with van der Waals surface area (Å²) in [5.41, 5.74) is 10.1. The molecular weight excluding hydrogens is 411 g/mol. The fourth-order valence-corrected chi connectivity index (χ4v) is 3.68. The first kappa shape index (κ1) is 21.4. The van der Waals surface area contributed by atoms with E-state index in [9.17, 15) is 9.18 Å².